The lowest BCUT2D eigenvalue weighted by Gasteiger charge is -2.21. The highest BCUT2D eigenvalue weighted by atomic mass is 32.1. The smallest absolute Gasteiger partial charge is 0.341 e. The van der Waals surface area contributed by atoms with Gasteiger partial charge in [0.25, 0.3) is 5.91 Å². The molecule has 1 aliphatic heterocycles. The van der Waals surface area contributed by atoms with E-state index in [1.807, 2.05) is 24.3 Å². The van der Waals surface area contributed by atoms with Crippen molar-refractivity contribution in [2.75, 3.05) is 31.1 Å². The summed E-state index contributed by atoms with van der Waals surface area (Å²) in [6.45, 7) is 4.21. The van der Waals surface area contributed by atoms with Gasteiger partial charge in [-0.15, -0.1) is 11.3 Å². The number of nitrogens with zero attached hydrogens (tertiary/aromatic N) is 4. The van der Waals surface area contributed by atoms with E-state index in [-0.39, 0.29) is 10.7 Å². The SMILES string of the molecule is Cc1c(C(=O)N2CCCN(c3nc4ccccc4[nH]3)CC2)sc2nc(C(F)(F)F)ccc12. The number of carbonyl (C=O) groups excluding carboxylic acids is 1. The second-order valence-electron chi connectivity index (χ2n) is 7.81. The van der Waals surface area contributed by atoms with Gasteiger partial charge in [-0.05, 0) is 43.2 Å². The van der Waals surface area contributed by atoms with Crippen LogP contribution in [0, 0.1) is 6.92 Å². The number of H-pyrrole nitrogens is 1. The number of aromatic nitrogens is 3. The third-order valence-corrected chi connectivity index (χ3v) is 6.94. The predicted octanol–water partition coefficient (Wildman–Crippen LogP) is 4.85. The van der Waals surface area contributed by atoms with Gasteiger partial charge in [-0.1, -0.05) is 12.1 Å². The lowest BCUT2D eigenvalue weighted by Crippen LogP contribution is -2.35. The Bertz CT molecular complexity index is 1280. The number of nitrogens with one attached hydrogen (secondary N) is 1. The summed E-state index contributed by atoms with van der Waals surface area (Å²) in [4.78, 5) is 29.6. The van der Waals surface area contributed by atoms with E-state index in [4.69, 9.17) is 0 Å². The Hall–Kier alpha value is -3.14. The zero-order valence-electron chi connectivity index (χ0n) is 17.2. The fourth-order valence-electron chi connectivity index (χ4n) is 4.03. The number of benzene rings is 1. The van der Waals surface area contributed by atoms with E-state index in [0.29, 0.717) is 35.5 Å². The van der Waals surface area contributed by atoms with Gasteiger partial charge in [0.05, 0.1) is 15.9 Å². The monoisotopic (exact) mass is 459 g/mol. The number of para-hydroxylation sites is 2. The molecule has 32 heavy (non-hydrogen) atoms. The molecule has 10 heteroatoms. The Labute approximate surface area is 185 Å². The number of rotatable bonds is 2. The minimum Gasteiger partial charge on any atom is -0.341 e. The van der Waals surface area contributed by atoms with Crippen molar-refractivity contribution >= 4 is 44.4 Å². The lowest BCUT2D eigenvalue weighted by atomic mass is 10.1. The Morgan fingerprint density at radius 3 is 2.66 bits per heavy atom. The average Bonchev–Trinajstić information content (AvgIpc) is 3.24. The molecule has 0 atom stereocenters. The van der Waals surface area contributed by atoms with Crippen LogP contribution in [0.5, 0.6) is 0 Å². The lowest BCUT2D eigenvalue weighted by molar-refractivity contribution is -0.140. The molecule has 166 valence electrons. The van der Waals surface area contributed by atoms with Gasteiger partial charge in [0.2, 0.25) is 5.95 Å². The summed E-state index contributed by atoms with van der Waals surface area (Å²) in [5, 5.41) is 0.588. The van der Waals surface area contributed by atoms with E-state index in [2.05, 4.69) is 19.9 Å². The first kappa shape index (κ1) is 20.7. The molecule has 1 N–H and O–H groups in total. The number of anilines is 1. The van der Waals surface area contributed by atoms with Crippen LogP contribution < -0.4 is 4.90 Å². The number of alkyl halides is 3. The number of imidazole rings is 1. The molecule has 1 amide bonds. The molecule has 3 aromatic heterocycles. The summed E-state index contributed by atoms with van der Waals surface area (Å²) in [6, 6.07) is 10.2. The van der Waals surface area contributed by atoms with Gasteiger partial charge < -0.3 is 14.8 Å². The normalized spacial score (nSPS) is 15.5. The van der Waals surface area contributed by atoms with Crippen molar-refractivity contribution in [2.24, 2.45) is 0 Å². The second kappa shape index (κ2) is 7.77. The maximum Gasteiger partial charge on any atom is 0.433 e. The van der Waals surface area contributed by atoms with E-state index in [1.54, 1.807) is 11.8 Å². The summed E-state index contributed by atoms with van der Waals surface area (Å²) in [6.07, 6.45) is -3.75. The van der Waals surface area contributed by atoms with Gasteiger partial charge in [-0.2, -0.15) is 13.2 Å². The first-order valence-electron chi connectivity index (χ1n) is 10.3. The first-order valence-corrected chi connectivity index (χ1v) is 11.1. The molecule has 1 aliphatic rings. The topological polar surface area (TPSA) is 65.1 Å². The van der Waals surface area contributed by atoms with Crippen LogP contribution in [0.4, 0.5) is 19.1 Å². The number of hydrogen-bond donors (Lipinski definition) is 1. The largest absolute Gasteiger partial charge is 0.433 e. The highest BCUT2D eigenvalue weighted by molar-refractivity contribution is 7.20. The number of aryl methyl sites for hydroxylation is 1. The molecule has 0 spiro atoms. The van der Waals surface area contributed by atoms with E-state index in [0.717, 1.165) is 47.4 Å². The summed E-state index contributed by atoms with van der Waals surface area (Å²) in [7, 11) is 0. The van der Waals surface area contributed by atoms with E-state index >= 15 is 0 Å². The van der Waals surface area contributed by atoms with Crippen LogP contribution >= 0.6 is 11.3 Å². The van der Waals surface area contributed by atoms with Gasteiger partial charge in [0.1, 0.15) is 10.5 Å². The van der Waals surface area contributed by atoms with Crippen LogP contribution in [0.3, 0.4) is 0 Å². The number of carbonyl (C=O) groups is 1. The van der Waals surface area contributed by atoms with Gasteiger partial charge in [0.15, 0.2) is 0 Å². The van der Waals surface area contributed by atoms with Crippen molar-refractivity contribution in [3.63, 3.8) is 0 Å². The van der Waals surface area contributed by atoms with Crippen molar-refractivity contribution in [3.05, 3.63) is 52.5 Å². The number of hydrogen-bond acceptors (Lipinski definition) is 5. The maximum absolute atomic E-state index is 13.3. The molecule has 4 aromatic rings. The summed E-state index contributed by atoms with van der Waals surface area (Å²) < 4.78 is 39.1. The number of amides is 1. The molecule has 1 fully saturated rings. The van der Waals surface area contributed by atoms with E-state index < -0.39 is 11.9 Å². The molecular weight excluding hydrogens is 439 g/mol. The molecule has 1 aromatic carbocycles. The molecule has 1 saturated heterocycles. The Kier molecular flexibility index (Phi) is 5.04. The highest BCUT2D eigenvalue weighted by Crippen LogP contribution is 2.35. The minimum absolute atomic E-state index is 0.162. The summed E-state index contributed by atoms with van der Waals surface area (Å²) in [5.74, 6) is 0.618. The zero-order chi connectivity index (χ0) is 22.5. The fraction of sp³-hybridized carbons (Fsp3) is 0.318. The van der Waals surface area contributed by atoms with Crippen molar-refractivity contribution in [3.8, 4) is 0 Å². The standard InChI is InChI=1S/C22H20F3N5OS/c1-13-14-7-8-17(22(23,24)25)28-19(14)32-18(13)20(31)29-9-4-10-30(12-11-29)21-26-15-5-2-3-6-16(15)27-21/h2-3,5-8H,4,9-12H2,1H3,(H,26,27). The van der Waals surface area contributed by atoms with Crippen LogP contribution in [0.2, 0.25) is 0 Å². The quantitative estimate of drug-likeness (QED) is 0.465. The Morgan fingerprint density at radius 1 is 1.06 bits per heavy atom. The van der Waals surface area contributed by atoms with Crippen molar-refractivity contribution in [1.29, 1.82) is 0 Å². The number of thiophene rings is 1. The molecule has 0 aliphatic carbocycles. The van der Waals surface area contributed by atoms with Gasteiger partial charge in [-0.25, -0.2) is 9.97 Å². The van der Waals surface area contributed by atoms with Crippen molar-refractivity contribution in [2.45, 2.75) is 19.5 Å². The number of aromatic amines is 1. The van der Waals surface area contributed by atoms with Gasteiger partial charge >= 0.3 is 6.18 Å². The van der Waals surface area contributed by atoms with E-state index in [1.165, 1.54) is 6.07 Å². The van der Waals surface area contributed by atoms with Gasteiger partial charge in [-0.3, -0.25) is 4.79 Å². The Morgan fingerprint density at radius 2 is 1.88 bits per heavy atom. The van der Waals surface area contributed by atoms with Crippen LogP contribution in [0.1, 0.15) is 27.3 Å². The Balaban J connectivity index is 1.36. The molecular formula is C22H20F3N5OS. The van der Waals surface area contributed by atoms with Crippen molar-refractivity contribution in [1.82, 2.24) is 19.9 Å². The molecule has 0 unspecified atom stereocenters. The fourth-order valence-corrected chi connectivity index (χ4v) is 5.17. The molecule has 0 bridgehead atoms. The first-order chi connectivity index (χ1) is 15.3. The third-order valence-electron chi connectivity index (χ3n) is 5.75. The number of pyridine rings is 1. The summed E-state index contributed by atoms with van der Waals surface area (Å²) in [5.41, 5.74) is 1.59. The minimum atomic E-state index is -4.51. The van der Waals surface area contributed by atoms with Crippen LogP contribution in [0.25, 0.3) is 21.3 Å². The molecule has 5 rings (SSSR count). The van der Waals surface area contributed by atoms with Crippen LogP contribution in [-0.4, -0.2) is 51.9 Å². The average molecular weight is 459 g/mol. The predicted molar refractivity (Wildman–Crippen MR) is 118 cm³/mol. The maximum atomic E-state index is 13.3. The highest BCUT2D eigenvalue weighted by Gasteiger charge is 2.33. The molecule has 0 radical (unpaired) electrons. The number of fused-ring (bicyclic) bond motifs is 2. The van der Waals surface area contributed by atoms with Crippen LogP contribution in [0.15, 0.2) is 36.4 Å². The van der Waals surface area contributed by atoms with Crippen LogP contribution in [-0.2, 0) is 6.18 Å². The summed E-state index contributed by atoms with van der Waals surface area (Å²) >= 11 is 1.03. The van der Waals surface area contributed by atoms with Crippen molar-refractivity contribution < 1.29 is 18.0 Å². The zero-order valence-corrected chi connectivity index (χ0v) is 18.1. The molecule has 4 heterocycles. The second-order valence-corrected chi connectivity index (χ2v) is 8.81. The molecule has 0 saturated carbocycles. The molecule has 6 nitrogen and oxygen atoms in total. The third kappa shape index (κ3) is 3.68. The van der Waals surface area contributed by atoms with Gasteiger partial charge in [0, 0.05) is 31.6 Å². The van der Waals surface area contributed by atoms with E-state index in [9.17, 15) is 18.0 Å². The number of halogens is 3.